The number of benzene rings is 1. The fourth-order valence-electron chi connectivity index (χ4n) is 2.46. The lowest BCUT2D eigenvalue weighted by molar-refractivity contribution is 0.321. The summed E-state index contributed by atoms with van der Waals surface area (Å²) in [5, 5.41) is 3.60. The number of hydrogen-bond acceptors (Lipinski definition) is 5. The first-order chi connectivity index (χ1) is 9.80. The molecule has 0 aromatic heterocycles. The molecule has 0 radical (unpaired) electrons. The summed E-state index contributed by atoms with van der Waals surface area (Å²) >= 11 is 2.02. The molecule has 112 valence electrons. The topological polar surface area (TPSA) is 39.7 Å². The molecule has 1 unspecified atom stereocenters. The smallest absolute Gasteiger partial charge is 0.203 e. The number of thioether (sulfide) groups is 1. The molecular formula is C15H23NO3S. The summed E-state index contributed by atoms with van der Waals surface area (Å²) in [5.74, 6) is 4.59. The normalized spacial score (nSPS) is 18.6. The maximum absolute atomic E-state index is 5.50. The van der Waals surface area contributed by atoms with Gasteiger partial charge in [0, 0.05) is 23.9 Å². The Bertz CT molecular complexity index is 433. The first kappa shape index (κ1) is 15.3. The number of rotatable bonds is 6. The van der Waals surface area contributed by atoms with Crippen molar-refractivity contribution >= 4 is 11.8 Å². The molecule has 2 rings (SSSR count). The fraction of sp³-hybridized carbons (Fsp3) is 0.600. The molecule has 1 aliphatic rings. The molecule has 5 heteroatoms. The summed E-state index contributed by atoms with van der Waals surface area (Å²) in [6, 6.07) is 4.54. The van der Waals surface area contributed by atoms with Gasteiger partial charge < -0.3 is 19.5 Å². The van der Waals surface area contributed by atoms with E-state index in [-0.39, 0.29) is 0 Å². The van der Waals surface area contributed by atoms with E-state index in [9.17, 15) is 0 Å². The van der Waals surface area contributed by atoms with Gasteiger partial charge in [0.2, 0.25) is 5.75 Å². The van der Waals surface area contributed by atoms with E-state index in [4.69, 9.17) is 14.2 Å². The number of ether oxygens (including phenoxy) is 3. The van der Waals surface area contributed by atoms with Crippen molar-refractivity contribution in [3.63, 3.8) is 0 Å². The van der Waals surface area contributed by atoms with Crippen molar-refractivity contribution in [3.8, 4) is 17.2 Å². The summed E-state index contributed by atoms with van der Waals surface area (Å²) in [6.07, 6.45) is 2.55. The molecule has 1 atom stereocenters. The van der Waals surface area contributed by atoms with Crippen LogP contribution in [0.2, 0.25) is 0 Å². The average molecular weight is 297 g/mol. The molecule has 1 N–H and O–H groups in total. The highest BCUT2D eigenvalue weighted by molar-refractivity contribution is 7.99. The third-order valence-electron chi connectivity index (χ3n) is 3.53. The molecular weight excluding hydrogens is 274 g/mol. The van der Waals surface area contributed by atoms with Gasteiger partial charge in [0.25, 0.3) is 0 Å². The molecule has 0 bridgehead atoms. The van der Waals surface area contributed by atoms with Gasteiger partial charge in [0.15, 0.2) is 11.5 Å². The van der Waals surface area contributed by atoms with Gasteiger partial charge in [-0.15, -0.1) is 0 Å². The highest BCUT2D eigenvalue weighted by Gasteiger charge is 2.18. The number of nitrogens with one attached hydrogen (secondary N) is 1. The molecule has 0 aliphatic carbocycles. The molecule has 0 saturated carbocycles. The van der Waals surface area contributed by atoms with Crippen molar-refractivity contribution in [1.82, 2.24) is 5.32 Å². The van der Waals surface area contributed by atoms with Crippen LogP contribution in [-0.4, -0.2) is 38.9 Å². The standard InChI is InChI=1S/C15H23NO3S/c1-17-13-7-6-11(14(18-2)15(13)19-3)9-16-12-5-4-8-20-10-12/h6-7,12,16H,4-5,8-10H2,1-3H3. The molecule has 1 aromatic carbocycles. The van der Waals surface area contributed by atoms with E-state index in [1.807, 2.05) is 23.9 Å². The van der Waals surface area contributed by atoms with Gasteiger partial charge in [0.05, 0.1) is 21.3 Å². The Balaban J connectivity index is 2.10. The van der Waals surface area contributed by atoms with Crippen LogP contribution >= 0.6 is 11.8 Å². The minimum atomic E-state index is 0.589. The van der Waals surface area contributed by atoms with E-state index >= 15 is 0 Å². The third-order valence-corrected chi connectivity index (χ3v) is 4.74. The van der Waals surface area contributed by atoms with Gasteiger partial charge in [-0.3, -0.25) is 0 Å². The molecule has 0 spiro atoms. The first-order valence-electron chi connectivity index (χ1n) is 6.89. The Morgan fingerprint density at radius 3 is 2.55 bits per heavy atom. The van der Waals surface area contributed by atoms with Crippen LogP contribution in [0.25, 0.3) is 0 Å². The largest absolute Gasteiger partial charge is 0.493 e. The SMILES string of the molecule is COc1ccc(CNC2CCCSC2)c(OC)c1OC. The van der Waals surface area contributed by atoms with Crippen molar-refractivity contribution < 1.29 is 14.2 Å². The summed E-state index contributed by atoms with van der Waals surface area (Å²) in [6.45, 7) is 0.786. The van der Waals surface area contributed by atoms with Crippen molar-refractivity contribution in [2.75, 3.05) is 32.8 Å². The van der Waals surface area contributed by atoms with E-state index < -0.39 is 0 Å². The second-order valence-corrected chi connectivity index (χ2v) is 5.94. The van der Waals surface area contributed by atoms with Gasteiger partial charge in [-0.25, -0.2) is 0 Å². The highest BCUT2D eigenvalue weighted by atomic mass is 32.2. The zero-order chi connectivity index (χ0) is 14.4. The number of hydrogen-bond donors (Lipinski definition) is 1. The van der Waals surface area contributed by atoms with Crippen molar-refractivity contribution in [2.45, 2.75) is 25.4 Å². The molecule has 1 aromatic rings. The van der Waals surface area contributed by atoms with Crippen molar-refractivity contribution in [3.05, 3.63) is 17.7 Å². The predicted octanol–water partition coefficient (Wildman–Crippen LogP) is 2.70. The Hall–Kier alpha value is -1.07. The maximum atomic E-state index is 5.50. The molecule has 0 amide bonds. The lowest BCUT2D eigenvalue weighted by Crippen LogP contribution is -2.33. The van der Waals surface area contributed by atoms with E-state index in [0.29, 0.717) is 17.5 Å². The molecule has 1 fully saturated rings. The zero-order valence-corrected chi connectivity index (χ0v) is 13.2. The molecule has 1 aliphatic heterocycles. The van der Waals surface area contributed by atoms with Gasteiger partial charge in [-0.2, -0.15) is 11.8 Å². The average Bonchev–Trinajstić information content (AvgIpc) is 2.52. The quantitative estimate of drug-likeness (QED) is 0.874. The zero-order valence-electron chi connectivity index (χ0n) is 12.4. The summed E-state index contributed by atoms with van der Waals surface area (Å²) < 4.78 is 16.2. The second kappa shape index (κ2) is 7.64. The van der Waals surface area contributed by atoms with Crippen LogP contribution in [-0.2, 0) is 6.54 Å². The van der Waals surface area contributed by atoms with Crippen LogP contribution in [0.5, 0.6) is 17.2 Å². The molecule has 4 nitrogen and oxygen atoms in total. The van der Waals surface area contributed by atoms with Crippen LogP contribution in [0.1, 0.15) is 18.4 Å². The third kappa shape index (κ3) is 3.52. The van der Waals surface area contributed by atoms with Gasteiger partial charge >= 0.3 is 0 Å². The number of methoxy groups -OCH3 is 3. The highest BCUT2D eigenvalue weighted by Crippen LogP contribution is 2.39. The predicted molar refractivity (Wildman–Crippen MR) is 83.3 cm³/mol. The Kier molecular flexibility index (Phi) is 5.86. The Morgan fingerprint density at radius 1 is 1.15 bits per heavy atom. The van der Waals surface area contributed by atoms with Gasteiger partial charge in [-0.1, -0.05) is 6.07 Å². The lowest BCUT2D eigenvalue weighted by atomic mass is 10.1. The van der Waals surface area contributed by atoms with Crippen LogP contribution in [0.3, 0.4) is 0 Å². The lowest BCUT2D eigenvalue weighted by Gasteiger charge is -2.23. The maximum Gasteiger partial charge on any atom is 0.203 e. The fourth-order valence-corrected chi connectivity index (χ4v) is 3.56. The van der Waals surface area contributed by atoms with Crippen LogP contribution in [0.15, 0.2) is 12.1 Å². The molecule has 1 heterocycles. The Labute approximate surface area is 125 Å². The van der Waals surface area contributed by atoms with Gasteiger partial charge in [0.1, 0.15) is 0 Å². The van der Waals surface area contributed by atoms with Crippen molar-refractivity contribution in [1.29, 1.82) is 0 Å². The summed E-state index contributed by atoms with van der Waals surface area (Å²) in [4.78, 5) is 0. The van der Waals surface area contributed by atoms with E-state index in [0.717, 1.165) is 17.9 Å². The first-order valence-corrected chi connectivity index (χ1v) is 8.04. The minimum absolute atomic E-state index is 0.589. The van der Waals surface area contributed by atoms with Crippen LogP contribution in [0, 0.1) is 0 Å². The monoisotopic (exact) mass is 297 g/mol. The van der Waals surface area contributed by atoms with Crippen LogP contribution in [0.4, 0.5) is 0 Å². The second-order valence-electron chi connectivity index (χ2n) is 4.79. The van der Waals surface area contributed by atoms with Crippen molar-refractivity contribution in [2.24, 2.45) is 0 Å². The van der Waals surface area contributed by atoms with E-state index in [1.54, 1.807) is 21.3 Å². The van der Waals surface area contributed by atoms with E-state index in [1.165, 1.54) is 24.3 Å². The Morgan fingerprint density at radius 2 is 1.95 bits per heavy atom. The summed E-state index contributed by atoms with van der Waals surface area (Å²) in [5.41, 5.74) is 1.10. The van der Waals surface area contributed by atoms with E-state index in [2.05, 4.69) is 5.32 Å². The summed E-state index contributed by atoms with van der Waals surface area (Å²) in [7, 11) is 4.93. The van der Waals surface area contributed by atoms with Gasteiger partial charge in [-0.05, 0) is 24.7 Å². The van der Waals surface area contributed by atoms with Crippen LogP contribution < -0.4 is 19.5 Å². The molecule has 20 heavy (non-hydrogen) atoms. The molecule has 1 saturated heterocycles. The minimum Gasteiger partial charge on any atom is -0.493 e.